The number of hydrogen-bond acceptors (Lipinski definition) is 3. The van der Waals surface area contributed by atoms with Crippen molar-refractivity contribution >= 4 is 5.91 Å². The van der Waals surface area contributed by atoms with Crippen LogP contribution in [0, 0.1) is 0 Å². The van der Waals surface area contributed by atoms with Gasteiger partial charge in [-0.3, -0.25) is 9.78 Å². The molecule has 0 unspecified atom stereocenters. The normalized spacial score (nSPS) is 9.75. The first-order chi connectivity index (χ1) is 5.72. The summed E-state index contributed by atoms with van der Waals surface area (Å²) in [6, 6.07) is 0. The van der Waals surface area contributed by atoms with Crippen molar-refractivity contribution in [1.29, 1.82) is 0 Å². The Morgan fingerprint density at radius 3 is 2.92 bits per heavy atom. The van der Waals surface area contributed by atoms with Crippen LogP contribution >= 0.6 is 0 Å². The highest BCUT2D eigenvalue weighted by Crippen LogP contribution is 1.82. The second-order valence-electron chi connectivity index (χ2n) is 2.25. The molecule has 1 heterocycles. The summed E-state index contributed by atoms with van der Waals surface area (Å²) in [5.41, 5.74) is -0.365. The van der Waals surface area contributed by atoms with Crippen LogP contribution in [0.15, 0.2) is 4.79 Å². The molecule has 0 aliphatic heterocycles. The van der Waals surface area contributed by atoms with Gasteiger partial charge in [0.2, 0.25) is 5.91 Å². The summed E-state index contributed by atoms with van der Waals surface area (Å²) in [5, 5.41) is 8.38. The van der Waals surface area contributed by atoms with Gasteiger partial charge in [0.1, 0.15) is 5.82 Å². The predicted octanol–water partition coefficient (Wildman–Crippen LogP) is -0.876. The number of carbonyl (C=O) groups excluding carboxylic acids is 1. The Balaban J connectivity index is 2.43. The van der Waals surface area contributed by atoms with E-state index in [1.165, 1.54) is 0 Å². The second-order valence-corrected chi connectivity index (χ2v) is 2.25. The Hall–Kier alpha value is -1.59. The molecule has 0 aromatic carbocycles. The van der Waals surface area contributed by atoms with Crippen molar-refractivity contribution in [2.45, 2.75) is 19.9 Å². The van der Waals surface area contributed by atoms with Crippen LogP contribution in [0.4, 0.5) is 0 Å². The van der Waals surface area contributed by atoms with Crippen molar-refractivity contribution in [1.82, 2.24) is 20.5 Å². The molecule has 0 spiro atoms. The number of carbonyl (C=O) groups is 1. The maximum atomic E-state index is 10.8. The van der Waals surface area contributed by atoms with Crippen LogP contribution in [0.2, 0.25) is 0 Å². The van der Waals surface area contributed by atoms with E-state index in [0.29, 0.717) is 12.2 Å². The molecule has 6 heteroatoms. The molecular weight excluding hydrogens is 160 g/mol. The highest BCUT2D eigenvalue weighted by Gasteiger charge is 1.99. The number of hydrogen-bond donors (Lipinski definition) is 3. The van der Waals surface area contributed by atoms with Gasteiger partial charge in [-0.15, -0.1) is 0 Å². The van der Waals surface area contributed by atoms with Crippen LogP contribution < -0.4 is 11.0 Å². The molecule has 0 fully saturated rings. The molecule has 3 N–H and O–H groups in total. The molecular formula is C6H10N4O2. The van der Waals surface area contributed by atoms with Crippen LogP contribution in [-0.4, -0.2) is 21.1 Å². The number of amides is 1. The molecule has 66 valence electrons. The smallest absolute Gasteiger partial charge is 0.340 e. The molecule has 1 aromatic heterocycles. The zero-order chi connectivity index (χ0) is 8.97. The van der Waals surface area contributed by atoms with E-state index in [1.54, 1.807) is 6.92 Å². The molecule has 0 atom stereocenters. The van der Waals surface area contributed by atoms with Crippen molar-refractivity contribution in [2.24, 2.45) is 0 Å². The molecule has 0 aliphatic rings. The number of aromatic nitrogens is 3. The second kappa shape index (κ2) is 3.70. The lowest BCUT2D eigenvalue weighted by molar-refractivity contribution is -0.120. The number of nitrogens with one attached hydrogen (secondary N) is 3. The molecule has 1 rings (SSSR count). The van der Waals surface area contributed by atoms with Crippen LogP contribution in [-0.2, 0) is 11.3 Å². The molecule has 0 saturated carbocycles. The van der Waals surface area contributed by atoms with Gasteiger partial charge >= 0.3 is 5.69 Å². The summed E-state index contributed by atoms with van der Waals surface area (Å²) < 4.78 is 0. The molecule has 6 nitrogen and oxygen atoms in total. The largest absolute Gasteiger partial charge is 0.349 e. The third kappa shape index (κ3) is 2.22. The van der Waals surface area contributed by atoms with E-state index >= 15 is 0 Å². The van der Waals surface area contributed by atoms with Crippen LogP contribution in [0.5, 0.6) is 0 Å². The zero-order valence-electron chi connectivity index (χ0n) is 6.68. The molecule has 0 bridgehead atoms. The lowest BCUT2D eigenvalue weighted by Crippen LogP contribution is -2.22. The summed E-state index contributed by atoms with van der Waals surface area (Å²) in [4.78, 5) is 23.7. The van der Waals surface area contributed by atoms with Crippen molar-refractivity contribution in [3.63, 3.8) is 0 Å². The van der Waals surface area contributed by atoms with Gasteiger partial charge in [0.05, 0.1) is 6.54 Å². The fraction of sp³-hybridized carbons (Fsp3) is 0.500. The minimum atomic E-state index is -0.365. The van der Waals surface area contributed by atoms with E-state index in [1.807, 2.05) is 0 Å². The van der Waals surface area contributed by atoms with E-state index in [2.05, 4.69) is 20.5 Å². The first kappa shape index (κ1) is 8.51. The average molecular weight is 170 g/mol. The maximum absolute atomic E-state index is 10.8. The Morgan fingerprint density at radius 1 is 1.67 bits per heavy atom. The highest BCUT2D eigenvalue weighted by molar-refractivity contribution is 5.75. The number of aromatic amines is 2. The predicted molar refractivity (Wildman–Crippen MR) is 41.3 cm³/mol. The first-order valence-corrected chi connectivity index (χ1v) is 3.62. The Morgan fingerprint density at radius 2 is 2.42 bits per heavy atom. The lowest BCUT2D eigenvalue weighted by Gasteiger charge is -1.97. The standard InChI is InChI=1S/C6H10N4O2/c1-2-5(11)7-3-4-8-6(12)10-9-4/h2-3H2,1H3,(H,7,11)(H2,8,9,10,12). The quantitative estimate of drug-likeness (QED) is 0.550. The maximum Gasteiger partial charge on any atom is 0.340 e. The third-order valence-electron chi connectivity index (χ3n) is 1.32. The van der Waals surface area contributed by atoms with Crippen molar-refractivity contribution in [2.75, 3.05) is 0 Å². The Bertz CT molecular complexity index is 313. The molecule has 1 amide bonds. The number of nitrogens with zero attached hydrogens (tertiary/aromatic N) is 1. The summed E-state index contributed by atoms with van der Waals surface area (Å²) in [6.07, 6.45) is 0.425. The third-order valence-corrected chi connectivity index (χ3v) is 1.32. The minimum Gasteiger partial charge on any atom is -0.349 e. The van der Waals surface area contributed by atoms with Crippen LogP contribution in [0.25, 0.3) is 0 Å². The summed E-state index contributed by atoms with van der Waals surface area (Å²) in [5.74, 6) is 0.362. The number of H-pyrrole nitrogens is 2. The summed E-state index contributed by atoms with van der Waals surface area (Å²) in [6.45, 7) is 2.01. The topological polar surface area (TPSA) is 90.6 Å². The summed E-state index contributed by atoms with van der Waals surface area (Å²) in [7, 11) is 0. The van der Waals surface area contributed by atoms with E-state index in [0.717, 1.165) is 0 Å². The number of rotatable bonds is 3. The van der Waals surface area contributed by atoms with Gasteiger partial charge in [-0.25, -0.2) is 9.89 Å². The Labute approximate surface area is 68.4 Å². The monoisotopic (exact) mass is 170 g/mol. The van der Waals surface area contributed by atoms with Crippen LogP contribution in [0.1, 0.15) is 19.2 Å². The lowest BCUT2D eigenvalue weighted by atomic mass is 10.4. The van der Waals surface area contributed by atoms with Crippen LogP contribution in [0.3, 0.4) is 0 Å². The first-order valence-electron chi connectivity index (χ1n) is 3.62. The van der Waals surface area contributed by atoms with Gasteiger partial charge in [0.15, 0.2) is 0 Å². The van der Waals surface area contributed by atoms with Gasteiger partial charge in [-0.2, -0.15) is 5.10 Å². The van der Waals surface area contributed by atoms with Crippen molar-refractivity contribution in [3.05, 3.63) is 16.3 Å². The van der Waals surface area contributed by atoms with Gasteiger partial charge in [0, 0.05) is 6.42 Å². The van der Waals surface area contributed by atoms with E-state index in [4.69, 9.17) is 0 Å². The van der Waals surface area contributed by atoms with Gasteiger partial charge in [-0.1, -0.05) is 6.92 Å². The van der Waals surface area contributed by atoms with E-state index < -0.39 is 0 Å². The molecule has 0 saturated heterocycles. The van der Waals surface area contributed by atoms with Crippen molar-refractivity contribution < 1.29 is 4.79 Å². The van der Waals surface area contributed by atoms with E-state index in [9.17, 15) is 9.59 Å². The van der Waals surface area contributed by atoms with Gasteiger partial charge in [-0.05, 0) is 0 Å². The van der Waals surface area contributed by atoms with Gasteiger partial charge < -0.3 is 5.32 Å². The molecule has 0 radical (unpaired) electrons. The average Bonchev–Trinajstić information content (AvgIpc) is 2.47. The SMILES string of the molecule is CCC(=O)NCc1n[nH]c(=O)[nH]1. The fourth-order valence-corrected chi connectivity index (χ4v) is 0.696. The molecule has 0 aliphatic carbocycles. The highest BCUT2D eigenvalue weighted by atomic mass is 16.2. The van der Waals surface area contributed by atoms with Gasteiger partial charge in [0.25, 0.3) is 0 Å². The zero-order valence-corrected chi connectivity index (χ0v) is 6.68. The van der Waals surface area contributed by atoms with E-state index in [-0.39, 0.29) is 18.1 Å². The Kier molecular flexibility index (Phi) is 2.62. The molecule has 12 heavy (non-hydrogen) atoms. The molecule has 1 aromatic rings. The fourth-order valence-electron chi connectivity index (χ4n) is 0.696. The summed E-state index contributed by atoms with van der Waals surface area (Å²) >= 11 is 0. The van der Waals surface area contributed by atoms with Crippen molar-refractivity contribution in [3.8, 4) is 0 Å². The minimum absolute atomic E-state index is 0.0705.